The van der Waals surface area contributed by atoms with E-state index >= 15 is 0 Å². The second-order valence-electron chi connectivity index (χ2n) is 3.86. The van der Waals surface area contributed by atoms with Crippen LogP contribution in [0.2, 0.25) is 0 Å². The van der Waals surface area contributed by atoms with Crippen LogP contribution in [0.5, 0.6) is 0 Å². The van der Waals surface area contributed by atoms with Crippen LogP contribution in [0.1, 0.15) is 19.9 Å². The van der Waals surface area contributed by atoms with Gasteiger partial charge in [0, 0.05) is 6.04 Å². The average molecular weight is 222 g/mol. The summed E-state index contributed by atoms with van der Waals surface area (Å²) in [6.45, 7) is 3.40. The first-order valence-corrected chi connectivity index (χ1v) is 4.95. The highest BCUT2D eigenvalue weighted by Gasteiger charge is 2.12. The van der Waals surface area contributed by atoms with E-state index in [1.54, 1.807) is 13.8 Å². The number of H-pyrrole nitrogens is 1. The van der Waals surface area contributed by atoms with Crippen molar-refractivity contribution in [2.45, 2.75) is 19.9 Å². The van der Waals surface area contributed by atoms with Crippen molar-refractivity contribution in [3.05, 3.63) is 44.9 Å². The van der Waals surface area contributed by atoms with Crippen molar-refractivity contribution in [3.8, 4) is 0 Å². The van der Waals surface area contributed by atoms with Gasteiger partial charge in [0.2, 0.25) is 0 Å². The molecule has 0 saturated carbocycles. The molecule has 1 aromatic heterocycles. The van der Waals surface area contributed by atoms with Gasteiger partial charge in [-0.1, -0.05) is 6.07 Å². The van der Waals surface area contributed by atoms with Gasteiger partial charge in [-0.05, 0) is 26.0 Å². The summed E-state index contributed by atoms with van der Waals surface area (Å²) < 4.78 is 14.5. The molecular weight excluding hydrogens is 211 g/mol. The van der Waals surface area contributed by atoms with Crippen molar-refractivity contribution in [2.75, 3.05) is 0 Å². The summed E-state index contributed by atoms with van der Waals surface area (Å²) in [7, 11) is 0. The third-order valence-corrected chi connectivity index (χ3v) is 2.42. The zero-order valence-electron chi connectivity index (χ0n) is 8.95. The third kappa shape index (κ3) is 1.44. The number of hydrogen-bond donors (Lipinski definition) is 1. The maximum atomic E-state index is 13.5. The first-order valence-electron chi connectivity index (χ1n) is 4.95. The first kappa shape index (κ1) is 10.6. The Hall–Kier alpha value is -1.91. The fourth-order valence-electron chi connectivity index (χ4n) is 1.70. The molecule has 16 heavy (non-hydrogen) atoms. The van der Waals surface area contributed by atoms with Gasteiger partial charge >= 0.3 is 5.69 Å². The zero-order chi connectivity index (χ0) is 11.9. The van der Waals surface area contributed by atoms with Crippen LogP contribution in [0.25, 0.3) is 10.9 Å². The van der Waals surface area contributed by atoms with Gasteiger partial charge in [0.25, 0.3) is 5.56 Å². The van der Waals surface area contributed by atoms with Gasteiger partial charge in [0.15, 0.2) is 0 Å². The third-order valence-electron chi connectivity index (χ3n) is 2.42. The van der Waals surface area contributed by atoms with Crippen molar-refractivity contribution in [1.82, 2.24) is 9.55 Å². The Morgan fingerprint density at radius 3 is 2.62 bits per heavy atom. The van der Waals surface area contributed by atoms with Crippen LogP contribution in [0, 0.1) is 5.82 Å². The summed E-state index contributed by atoms with van der Waals surface area (Å²) in [5, 5.41) is -0.0733. The van der Waals surface area contributed by atoms with Crippen LogP contribution < -0.4 is 11.2 Å². The molecule has 0 saturated heterocycles. The van der Waals surface area contributed by atoms with Crippen molar-refractivity contribution in [2.24, 2.45) is 0 Å². The highest BCUT2D eigenvalue weighted by atomic mass is 19.1. The standard InChI is InChI=1S/C11H11FN2O2/c1-6(2)14-10(15)9-7(12)4-3-5-8(9)13-11(14)16/h3-6H,1-2H3,(H,13,16). The van der Waals surface area contributed by atoms with Gasteiger partial charge in [-0.3, -0.25) is 9.36 Å². The molecule has 0 aliphatic rings. The average Bonchev–Trinajstić information content (AvgIpc) is 2.15. The molecule has 0 aliphatic carbocycles. The Labute approximate surface area is 90.3 Å². The predicted molar refractivity (Wildman–Crippen MR) is 59.2 cm³/mol. The zero-order valence-corrected chi connectivity index (χ0v) is 8.95. The molecule has 0 atom stereocenters. The number of fused-ring (bicyclic) bond motifs is 1. The minimum absolute atomic E-state index is 0.0733. The van der Waals surface area contributed by atoms with Crippen LogP contribution in [0.15, 0.2) is 27.8 Å². The summed E-state index contributed by atoms with van der Waals surface area (Å²) in [4.78, 5) is 26.0. The molecular formula is C11H11FN2O2. The van der Waals surface area contributed by atoms with Crippen LogP contribution in [-0.4, -0.2) is 9.55 Å². The Kier molecular flexibility index (Phi) is 2.38. The van der Waals surface area contributed by atoms with E-state index in [1.807, 2.05) is 0 Å². The molecule has 1 heterocycles. The van der Waals surface area contributed by atoms with Gasteiger partial charge in [0.1, 0.15) is 5.82 Å². The van der Waals surface area contributed by atoms with E-state index < -0.39 is 17.1 Å². The first-order chi connectivity index (χ1) is 7.52. The minimum atomic E-state index is -0.617. The largest absolute Gasteiger partial charge is 0.329 e. The van der Waals surface area contributed by atoms with Crippen molar-refractivity contribution >= 4 is 10.9 Å². The van der Waals surface area contributed by atoms with Crippen LogP contribution in [-0.2, 0) is 0 Å². The van der Waals surface area contributed by atoms with Crippen molar-refractivity contribution in [3.63, 3.8) is 0 Å². The summed E-state index contributed by atoms with van der Waals surface area (Å²) in [6.07, 6.45) is 0. The number of aromatic nitrogens is 2. The molecule has 0 bridgehead atoms. The molecule has 5 heteroatoms. The monoisotopic (exact) mass is 222 g/mol. The van der Waals surface area contributed by atoms with Gasteiger partial charge < -0.3 is 4.98 Å². The van der Waals surface area contributed by atoms with Crippen LogP contribution in [0.4, 0.5) is 4.39 Å². The van der Waals surface area contributed by atoms with E-state index in [2.05, 4.69) is 4.98 Å². The van der Waals surface area contributed by atoms with E-state index in [4.69, 9.17) is 0 Å². The lowest BCUT2D eigenvalue weighted by atomic mass is 10.2. The van der Waals surface area contributed by atoms with Gasteiger partial charge in [0.05, 0.1) is 10.9 Å². The molecule has 0 spiro atoms. The lowest BCUT2D eigenvalue weighted by Gasteiger charge is -2.09. The predicted octanol–water partition coefficient (Wildman–Crippen LogP) is 1.41. The van der Waals surface area contributed by atoms with E-state index in [-0.39, 0.29) is 16.9 Å². The molecule has 2 rings (SSSR count). The Bertz CT molecular complexity index is 655. The summed E-state index contributed by atoms with van der Waals surface area (Å²) >= 11 is 0. The fraction of sp³-hybridized carbons (Fsp3) is 0.273. The number of benzene rings is 1. The van der Waals surface area contributed by atoms with E-state index in [9.17, 15) is 14.0 Å². The fourth-order valence-corrected chi connectivity index (χ4v) is 1.70. The van der Waals surface area contributed by atoms with Crippen molar-refractivity contribution in [1.29, 1.82) is 0 Å². The summed E-state index contributed by atoms with van der Waals surface area (Å²) in [5.41, 5.74) is -0.878. The van der Waals surface area contributed by atoms with E-state index in [1.165, 1.54) is 18.2 Å². The van der Waals surface area contributed by atoms with Gasteiger partial charge in [-0.25, -0.2) is 9.18 Å². The SMILES string of the molecule is CC(C)n1c(=O)[nH]c2cccc(F)c2c1=O. The molecule has 1 aromatic carbocycles. The smallest absolute Gasteiger partial charge is 0.307 e. The van der Waals surface area contributed by atoms with E-state index in [0.717, 1.165) is 4.57 Å². The van der Waals surface area contributed by atoms with Gasteiger partial charge in [-0.15, -0.1) is 0 Å². The molecule has 1 N–H and O–H groups in total. The number of nitrogens with zero attached hydrogens (tertiary/aromatic N) is 1. The molecule has 0 amide bonds. The molecule has 0 unspecified atom stereocenters. The number of halogens is 1. The van der Waals surface area contributed by atoms with E-state index in [0.29, 0.717) is 0 Å². The Morgan fingerprint density at radius 1 is 1.31 bits per heavy atom. The molecule has 0 radical (unpaired) electrons. The van der Waals surface area contributed by atoms with Crippen LogP contribution >= 0.6 is 0 Å². The quantitative estimate of drug-likeness (QED) is 0.793. The number of nitrogens with one attached hydrogen (secondary N) is 1. The Balaban J connectivity index is 3.04. The Morgan fingerprint density at radius 2 is 2.00 bits per heavy atom. The summed E-state index contributed by atoms with van der Waals surface area (Å²) in [6, 6.07) is 3.85. The van der Waals surface area contributed by atoms with Crippen molar-refractivity contribution < 1.29 is 4.39 Å². The number of rotatable bonds is 1. The minimum Gasteiger partial charge on any atom is -0.307 e. The number of aromatic amines is 1. The molecule has 4 nitrogen and oxygen atoms in total. The maximum absolute atomic E-state index is 13.5. The second-order valence-corrected chi connectivity index (χ2v) is 3.86. The maximum Gasteiger partial charge on any atom is 0.329 e. The second kappa shape index (κ2) is 3.59. The molecule has 0 fully saturated rings. The normalized spacial score (nSPS) is 11.2. The molecule has 84 valence electrons. The number of hydrogen-bond acceptors (Lipinski definition) is 2. The van der Waals surface area contributed by atoms with Crippen LogP contribution in [0.3, 0.4) is 0 Å². The topological polar surface area (TPSA) is 54.9 Å². The lowest BCUT2D eigenvalue weighted by molar-refractivity contribution is 0.548. The van der Waals surface area contributed by atoms with Gasteiger partial charge in [-0.2, -0.15) is 0 Å². The summed E-state index contributed by atoms with van der Waals surface area (Å²) in [5.74, 6) is -0.617. The highest BCUT2D eigenvalue weighted by Crippen LogP contribution is 2.10. The highest BCUT2D eigenvalue weighted by molar-refractivity contribution is 5.77. The lowest BCUT2D eigenvalue weighted by Crippen LogP contribution is -2.36. The molecule has 0 aliphatic heterocycles. The molecule has 2 aromatic rings.